The summed E-state index contributed by atoms with van der Waals surface area (Å²) in [6.45, 7) is 3.06. The van der Waals surface area contributed by atoms with Crippen molar-refractivity contribution in [2.24, 2.45) is 0 Å². The van der Waals surface area contributed by atoms with Crippen LogP contribution in [0.4, 0.5) is 0 Å². The summed E-state index contributed by atoms with van der Waals surface area (Å²) in [5.74, 6) is -0.731. The lowest BCUT2D eigenvalue weighted by Gasteiger charge is -2.19. The molecule has 1 aromatic heterocycles. The van der Waals surface area contributed by atoms with Gasteiger partial charge in [0, 0.05) is 29.1 Å². The second kappa shape index (κ2) is 7.32. The molecule has 7 heteroatoms. The largest absolute Gasteiger partial charge is 0.448 e. The Morgan fingerprint density at radius 1 is 1.33 bits per heavy atom. The second-order valence-corrected chi connectivity index (χ2v) is 6.92. The van der Waals surface area contributed by atoms with Crippen molar-refractivity contribution in [3.8, 4) is 10.6 Å². The first-order chi connectivity index (χ1) is 11.5. The molecule has 1 atom stereocenters. The van der Waals surface area contributed by atoms with Crippen molar-refractivity contribution in [1.82, 2.24) is 9.88 Å². The van der Waals surface area contributed by atoms with E-state index in [0.29, 0.717) is 10.0 Å². The molecule has 0 radical (unpaired) electrons. The third-order valence-corrected chi connectivity index (χ3v) is 4.96. The number of hydrogen-bond acceptors (Lipinski definition) is 5. The maximum atomic E-state index is 12.2. The number of nitrogens with zero attached hydrogens (tertiary/aromatic N) is 2. The molecular weight excluding hydrogens is 348 g/mol. The highest BCUT2D eigenvalue weighted by molar-refractivity contribution is 7.13. The zero-order valence-electron chi connectivity index (χ0n) is 13.2. The molecule has 126 valence electrons. The van der Waals surface area contributed by atoms with Crippen molar-refractivity contribution < 1.29 is 14.3 Å². The van der Waals surface area contributed by atoms with Gasteiger partial charge in [0.2, 0.25) is 0 Å². The number of carbonyl (C=O) groups is 2. The lowest BCUT2D eigenvalue weighted by Crippen LogP contribution is -2.38. The highest BCUT2D eigenvalue weighted by Crippen LogP contribution is 2.26. The average Bonchev–Trinajstić information content (AvgIpc) is 3.25. The number of rotatable bonds is 4. The van der Waals surface area contributed by atoms with Crippen LogP contribution >= 0.6 is 22.9 Å². The van der Waals surface area contributed by atoms with Gasteiger partial charge in [0.05, 0.1) is 0 Å². The molecule has 1 aliphatic rings. The Morgan fingerprint density at radius 2 is 2.08 bits per heavy atom. The quantitative estimate of drug-likeness (QED) is 0.777. The van der Waals surface area contributed by atoms with E-state index in [9.17, 15) is 9.59 Å². The Kier molecular flexibility index (Phi) is 5.16. The van der Waals surface area contributed by atoms with Gasteiger partial charge in [0.15, 0.2) is 11.8 Å². The number of carbonyl (C=O) groups excluding carboxylic acids is 2. The van der Waals surface area contributed by atoms with E-state index in [1.165, 1.54) is 11.3 Å². The minimum absolute atomic E-state index is 0.147. The maximum absolute atomic E-state index is 12.2. The van der Waals surface area contributed by atoms with Gasteiger partial charge in [0.1, 0.15) is 5.01 Å². The Bertz CT molecular complexity index is 756. The number of thiazole rings is 1. The van der Waals surface area contributed by atoms with Crippen LogP contribution in [0.15, 0.2) is 29.6 Å². The molecule has 0 unspecified atom stereocenters. The molecule has 0 N–H and O–H groups in total. The Morgan fingerprint density at radius 3 is 2.79 bits per heavy atom. The minimum Gasteiger partial charge on any atom is -0.448 e. The normalized spacial score (nSPS) is 15.3. The summed E-state index contributed by atoms with van der Waals surface area (Å²) in [5, 5.41) is 2.92. The molecule has 3 rings (SSSR count). The van der Waals surface area contributed by atoms with Crippen LogP contribution in [-0.2, 0) is 9.53 Å². The van der Waals surface area contributed by atoms with E-state index in [2.05, 4.69) is 4.98 Å². The second-order valence-electron chi connectivity index (χ2n) is 5.63. The van der Waals surface area contributed by atoms with Gasteiger partial charge in [0.25, 0.3) is 5.91 Å². The van der Waals surface area contributed by atoms with E-state index in [-0.39, 0.29) is 11.6 Å². The van der Waals surface area contributed by atoms with Crippen LogP contribution < -0.4 is 0 Å². The number of likely N-dealkylation sites (tertiary alicyclic amines) is 1. The van der Waals surface area contributed by atoms with Crippen LogP contribution in [-0.4, -0.2) is 41.0 Å². The monoisotopic (exact) mass is 364 g/mol. The van der Waals surface area contributed by atoms with Crippen LogP contribution in [0.5, 0.6) is 0 Å². The lowest BCUT2D eigenvalue weighted by atomic mass is 10.2. The molecule has 1 amide bonds. The topological polar surface area (TPSA) is 59.5 Å². The summed E-state index contributed by atoms with van der Waals surface area (Å²) < 4.78 is 5.27. The van der Waals surface area contributed by atoms with Gasteiger partial charge < -0.3 is 9.64 Å². The van der Waals surface area contributed by atoms with Crippen LogP contribution in [0.3, 0.4) is 0 Å². The lowest BCUT2D eigenvalue weighted by molar-refractivity contribution is -0.138. The fraction of sp³-hybridized carbons (Fsp3) is 0.353. The van der Waals surface area contributed by atoms with Crippen molar-refractivity contribution >= 4 is 34.8 Å². The standard InChI is InChI=1S/C17H17ClN2O3S/c1-11(16(21)20-7-2-3-8-20)23-17(22)14-10-24-15(19-14)12-5-4-6-13(18)9-12/h4-6,9-11H,2-3,7-8H2,1H3/t11-/m0/s1. The first-order valence-corrected chi connectivity index (χ1v) is 9.01. The van der Waals surface area contributed by atoms with Gasteiger partial charge in [-0.25, -0.2) is 9.78 Å². The summed E-state index contributed by atoms with van der Waals surface area (Å²) >= 11 is 7.31. The van der Waals surface area contributed by atoms with E-state index in [1.54, 1.807) is 29.3 Å². The fourth-order valence-corrected chi connectivity index (χ4v) is 3.56. The number of hydrogen-bond donors (Lipinski definition) is 0. The highest BCUT2D eigenvalue weighted by Gasteiger charge is 2.27. The molecule has 2 aromatic rings. The van der Waals surface area contributed by atoms with Gasteiger partial charge in [-0.15, -0.1) is 11.3 Å². The number of ether oxygens (including phenoxy) is 1. The highest BCUT2D eigenvalue weighted by atomic mass is 35.5. The van der Waals surface area contributed by atoms with Crippen LogP contribution in [0, 0.1) is 0 Å². The fourth-order valence-electron chi connectivity index (χ4n) is 2.59. The number of benzene rings is 1. The molecule has 1 aromatic carbocycles. The minimum atomic E-state index is -0.799. The average molecular weight is 365 g/mol. The molecule has 5 nitrogen and oxygen atoms in total. The Hall–Kier alpha value is -1.92. The van der Waals surface area contributed by atoms with Crippen LogP contribution in [0.1, 0.15) is 30.3 Å². The van der Waals surface area contributed by atoms with Gasteiger partial charge >= 0.3 is 5.97 Å². The van der Waals surface area contributed by atoms with Gasteiger partial charge in [-0.3, -0.25) is 4.79 Å². The zero-order chi connectivity index (χ0) is 17.1. The molecule has 0 saturated carbocycles. The van der Waals surface area contributed by atoms with Crippen molar-refractivity contribution in [1.29, 1.82) is 0 Å². The van der Waals surface area contributed by atoms with E-state index >= 15 is 0 Å². The molecule has 0 aliphatic carbocycles. The third kappa shape index (κ3) is 3.76. The van der Waals surface area contributed by atoms with Crippen molar-refractivity contribution in [2.75, 3.05) is 13.1 Å². The number of esters is 1. The van der Waals surface area contributed by atoms with Crippen LogP contribution in [0.25, 0.3) is 10.6 Å². The molecular formula is C17H17ClN2O3S. The van der Waals surface area contributed by atoms with E-state index in [0.717, 1.165) is 31.5 Å². The molecule has 0 spiro atoms. The maximum Gasteiger partial charge on any atom is 0.358 e. The number of aromatic nitrogens is 1. The Labute approximate surface area is 149 Å². The summed E-state index contributed by atoms with van der Waals surface area (Å²) in [7, 11) is 0. The van der Waals surface area contributed by atoms with Gasteiger partial charge in [-0.1, -0.05) is 23.7 Å². The summed E-state index contributed by atoms with van der Waals surface area (Å²) in [6.07, 6.45) is 1.20. The zero-order valence-corrected chi connectivity index (χ0v) is 14.8. The van der Waals surface area contributed by atoms with E-state index < -0.39 is 12.1 Å². The number of amides is 1. The van der Waals surface area contributed by atoms with Crippen LogP contribution in [0.2, 0.25) is 5.02 Å². The molecule has 24 heavy (non-hydrogen) atoms. The molecule has 1 fully saturated rings. The van der Waals surface area contributed by atoms with Crippen molar-refractivity contribution in [3.05, 3.63) is 40.4 Å². The third-order valence-electron chi connectivity index (χ3n) is 3.83. The Balaban J connectivity index is 1.66. The van der Waals surface area contributed by atoms with Gasteiger partial charge in [-0.2, -0.15) is 0 Å². The molecule has 2 heterocycles. The summed E-state index contributed by atoms with van der Waals surface area (Å²) in [5.41, 5.74) is 1.05. The van der Waals surface area contributed by atoms with Gasteiger partial charge in [-0.05, 0) is 31.9 Å². The van der Waals surface area contributed by atoms with Crippen molar-refractivity contribution in [2.45, 2.75) is 25.9 Å². The predicted octanol–water partition coefficient (Wildman–Crippen LogP) is 3.63. The first-order valence-electron chi connectivity index (χ1n) is 7.76. The van der Waals surface area contributed by atoms with E-state index in [1.807, 2.05) is 12.1 Å². The molecule has 0 bridgehead atoms. The summed E-state index contributed by atoms with van der Waals surface area (Å²) in [4.78, 5) is 30.4. The predicted molar refractivity (Wildman–Crippen MR) is 93.3 cm³/mol. The molecule has 1 aliphatic heterocycles. The number of halogens is 1. The van der Waals surface area contributed by atoms with Crippen molar-refractivity contribution in [3.63, 3.8) is 0 Å². The first kappa shape index (κ1) is 16.9. The molecule has 1 saturated heterocycles. The SMILES string of the molecule is C[C@H](OC(=O)c1csc(-c2cccc(Cl)c2)n1)C(=O)N1CCCC1. The summed E-state index contributed by atoms with van der Waals surface area (Å²) in [6, 6.07) is 7.27. The van der Waals surface area contributed by atoms with E-state index in [4.69, 9.17) is 16.3 Å². The smallest absolute Gasteiger partial charge is 0.358 e.